The van der Waals surface area contributed by atoms with Crippen LogP contribution < -0.4 is 21.3 Å². The third-order valence-corrected chi connectivity index (χ3v) is 6.16. The Bertz CT molecular complexity index is 1190. The first-order chi connectivity index (χ1) is 18.1. The van der Waals surface area contributed by atoms with Gasteiger partial charge in [-0.05, 0) is 80.9 Å². The number of rotatable bonds is 11. The maximum atomic E-state index is 12.6. The van der Waals surface area contributed by atoms with Crippen molar-refractivity contribution in [2.75, 3.05) is 36.8 Å². The van der Waals surface area contributed by atoms with E-state index in [1.54, 1.807) is 30.6 Å². The van der Waals surface area contributed by atoms with Gasteiger partial charge in [-0.25, -0.2) is 4.79 Å². The predicted molar refractivity (Wildman–Crippen MR) is 146 cm³/mol. The average molecular weight is 500 g/mol. The minimum Gasteiger partial charge on any atom is -0.355 e. The maximum Gasteiger partial charge on any atom is 0.319 e. The summed E-state index contributed by atoms with van der Waals surface area (Å²) in [6.45, 7) is 4.19. The fourth-order valence-corrected chi connectivity index (χ4v) is 4.18. The number of carbonyl (C=O) groups excluding carboxylic acids is 2. The summed E-state index contributed by atoms with van der Waals surface area (Å²) in [6, 6.07) is 17.9. The van der Waals surface area contributed by atoms with Crippen LogP contribution in [0.4, 0.5) is 21.9 Å². The Kier molecular flexibility index (Phi) is 9.20. The van der Waals surface area contributed by atoms with E-state index in [4.69, 9.17) is 5.41 Å². The second-order valence-electron chi connectivity index (χ2n) is 8.95. The summed E-state index contributed by atoms with van der Waals surface area (Å²) in [5.74, 6) is -0.382. The van der Waals surface area contributed by atoms with Crippen LogP contribution in [-0.4, -0.2) is 53.7 Å². The van der Waals surface area contributed by atoms with Crippen LogP contribution in [0.1, 0.15) is 30.4 Å². The molecule has 0 atom stereocenters. The monoisotopic (exact) mass is 499 g/mol. The van der Waals surface area contributed by atoms with Crippen LogP contribution in [0.15, 0.2) is 73.1 Å². The second-order valence-corrected chi connectivity index (χ2v) is 8.95. The Balaban J connectivity index is 1.27. The molecule has 1 aromatic heterocycles. The maximum absolute atomic E-state index is 12.6. The molecule has 3 aromatic rings. The van der Waals surface area contributed by atoms with Gasteiger partial charge in [0.1, 0.15) is 5.71 Å². The van der Waals surface area contributed by atoms with Crippen molar-refractivity contribution < 1.29 is 9.59 Å². The number of nitrogens with one attached hydrogen (secondary N) is 5. The van der Waals surface area contributed by atoms with Crippen molar-refractivity contribution in [1.29, 1.82) is 5.41 Å². The van der Waals surface area contributed by atoms with E-state index >= 15 is 0 Å². The van der Waals surface area contributed by atoms with Crippen LogP contribution in [0, 0.1) is 5.41 Å². The molecule has 5 N–H and O–H groups in total. The molecule has 1 fully saturated rings. The summed E-state index contributed by atoms with van der Waals surface area (Å²) < 4.78 is 0. The lowest BCUT2D eigenvalue weighted by molar-refractivity contribution is -0.114. The molecule has 1 aliphatic rings. The minimum atomic E-state index is -0.382. The van der Waals surface area contributed by atoms with Gasteiger partial charge in [0.15, 0.2) is 0 Å². The van der Waals surface area contributed by atoms with Crippen LogP contribution >= 0.6 is 0 Å². The standard InChI is InChI=1S/C28H33N7O2/c29-26(27(36)31-15-6-18-35-16-3-4-17-35)24-8-1-2-9-25(24)33-22-10-12-23(13-11-22)34-28(37)32-20-21-7-5-14-30-19-21/h1-2,5,7-14,19,29,33H,3-4,6,15-18,20H2,(H,31,36)(H2,32,34,37). The fraction of sp³-hybridized carbons (Fsp3) is 0.286. The Labute approximate surface area is 217 Å². The molecule has 4 rings (SSSR count). The molecule has 37 heavy (non-hydrogen) atoms. The third kappa shape index (κ3) is 7.88. The molecule has 9 nitrogen and oxygen atoms in total. The molecule has 2 aromatic carbocycles. The van der Waals surface area contributed by atoms with Crippen molar-refractivity contribution in [2.24, 2.45) is 0 Å². The quantitative estimate of drug-likeness (QED) is 0.201. The number of anilines is 3. The largest absolute Gasteiger partial charge is 0.355 e. The van der Waals surface area contributed by atoms with Crippen LogP contribution in [-0.2, 0) is 11.3 Å². The molecule has 9 heteroatoms. The summed E-state index contributed by atoms with van der Waals surface area (Å²) in [6.07, 6.45) is 6.77. The summed E-state index contributed by atoms with van der Waals surface area (Å²) in [7, 11) is 0. The van der Waals surface area contributed by atoms with Gasteiger partial charge in [0, 0.05) is 48.1 Å². The number of amides is 3. The van der Waals surface area contributed by atoms with E-state index in [2.05, 4.69) is 31.2 Å². The van der Waals surface area contributed by atoms with Gasteiger partial charge in [0.05, 0.1) is 0 Å². The predicted octanol–water partition coefficient (Wildman–Crippen LogP) is 4.12. The first-order valence-corrected chi connectivity index (χ1v) is 12.6. The van der Waals surface area contributed by atoms with Crippen molar-refractivity contribution in [3.8, 4) is 0 Å². The molecule has 1 saturated heterocycles. The van der Waals surface area contributed by atoms with Crippen LogP contribution in [0.5, 0.6) is 0 Å². The number of hydrogen-bond acceptors (Lipinski definition) is 6. The highest BCUT2D eigenvalue weighted by molar-refractivity contribution is 6.45. The van der Waals surface area contributed by atoms with Crippen molar-refractivity contribution in [1.82, 2.24) is 20.5 Å². The topological polar surface area (TPSA) is 122 Å². The van der Waals surface area contributed by atoms with Gasteiger partial charge in [-0.3, -0.25) is 15.2 Å². The Hall–Kier alpha value is -4.24. The van der Waals surface area contributed by atoms with Gasteiger partial charge < -0.3 is 26.2 Å². The molecule has 0 unspecified atom stereocenters. The van der Waals surface area contributed by atoms with Gasteiger partial charge >= 0.3 is 6.03 Å². The summed E-state index contributed by atoms with van der Waals surface area (Å²) in [5, 5.41) is 20.2. The van der Waals surface area contributed by atoms with Crippen LogP contribution in [0.2, 0.25) is 0 Å². The number of hydrogen-bond donors (Lipinski definition) is 5. The molecule has 0 saturated carbocycles. The van der Waals surface area contributed by atoms with Gasteiger partial charge in [0.2, 0.25) is 0 Å². The number of benzene rings is 2. The number of urea groups is 1. The van der Waals surface area contributed by atoms with Crippen molar-refractivity contribution in [2.45, 2.75) is 25.8 Å². The Morgan fingerprint density at radius 1 is 0.919 bits per heavy atom. The lowest BCUT2D eigenvalue weighted by Gasteiger charge is -2.15. The summed E-state index contributed by atoms with van der Waals surface area (Å²) in [4.78, 5) is 31.2. The zero-order valence-corrected chi connectivity index (χ0v) is 20.8. The molecular formula is C28H33N7O2. The van der Waals surface area contributed by atoms with E-state index in [1.807, 2.05) is 42.5 Å². The van der Waals surface area contributed by atoms with Crippen molar-refractivity contribution in [3.63, 3.8) is 0 Å². The number of likely N-dealkylation sites (tertiary alicyclic amines) is 1. The fourth-order valence-electron chi connectivity index (χ4n) is 4.18. The van der Waals surface area contributed by atoms with Gasteiger partial charge in [0.25, 0.3) is 5.91 Å². The third-order valence-electron chi connectivity index (χ3n) is 6.16. The van der Waals surface area contributed by atoms with Crippen molar-refractivity contribution >= 4 is 34.7 Å². The SMILES string of the molecule is N=C(C(=O)NCCCN1CCCC1)c1ccccc1Nc1ccc(NC(=O)NCc2cccnc2)cc1. The lowest BCUT2D eigenvalue weighted by Crippen LogP contribution is -2.33. The van der Waals surface area contributed by atoms with E-state index < -0.39 is 0 Å². The van der Waals surface area contributed by atoms with Gasteiger partial charge in [-0.2, -0.15) is 0 Å². The smallest absolute Gasteiger partial charge is 0.319 e. The van der Waals surface area contributed by atoms with Gasteiger partial charge in [-0.1, -0.05) is 24.3 Å². The molecule has 192 valence electrons. The van der Waals surface area contributed by atoms with E-state index in [1.165, 1.54) is 12.8 Å². The Morgan fingerprint density at radius 3 is 2.43 bits per heavy atom. The second kappa shape index (κ2) is 13.2. The number of carbonyl (C=O) groups is 2. The van der Waals surface area contributed by atoms with Gasteiger partial charge in [-0.15, -0.1) is 0 Å². The molecule has 3 amide bonds. The number of pyridine rings is 1. The molecule has 2 heterocycles. The normalized spacial score (nSPS) is 13.1. The first kappa shape index (κ1) is 25.8. The summed E-state index contributed by atoms with van der Waals surface area (Å²) >= 11 is 0. The first-order valence-electron chi connectivity index (χ1n) is 12.6. The van der Waals surface area contributed by atoms with Crippen molar-refractivity contribution in [3.05, 3.63) is 84.2 Å². The number of nitrogens with zero attached hydrogens (tertiary/aromatic N) is 2. The molecule has 0 bridgehead atoms. The highest BCUT2D eigenvalue weighted by atomic mass is 16.2. The number of para-hydroxylation sites is 1. The molecule has 0 radical (unpaired) electrons. The summed E-state index contributed by atoms with van der Waals surface area (Å²) in [5.41, 5.74) is 3.44. The Morgan fingerprint density at radius 2 is 1.68 bits per heavy atom. The van der Waals surface area contributed by atoms with E-state index in [-0.39, 0.29) is 17.6 Å². The molecule has 0 aliphatic carbocycles. The highest BCUT2D eigenvalue weighted by Crippen LogP contribution is 2.23. The zero-order valence-electron chi connectivity index (χ0n) is 20.8. The van der Waals surface area contributed by atoms with E-state index in [0.717, 1.165) is 37.3 Å². The molecule has 0 spiro atoms. The van der Waals surface area contributed by atoms with Crippen LogP contribution in [0.3, 0.4) is 0 Å². The molecular weight excluding hydrogens is 466 g/mol. The average Bonchev–Trinajstić information content (AvgIpc) is 3.45. The van der Waals surface area contributed by atoms with Crippen LogP contribution in [0.25, 0.3) is 0 Å². The van der Waals surface area contributed by atoms with E-state index in [0.29, 0.717) is 30.0 Å². The number of aromatic nitrogens is 1. The zero-order chi connectivity index (χ0) is 25.9. The minimum absolute atomic E-state index is 0.0761. The molecule has 1 aliphatic heterocycles. The lowest BCUT2D eigenvalue weighted by atomic mass is 10.1. The van der Waals surface area contributed by atoms with E-state index in [9.17, 15) is 9.59 Å². The highest BCUT2D eigenvalue weighted by Gasteiger charge is 2.16.